The topological polar surface area (TPSA) is 84.1 Å². The van der Waals surface area contributed by atoms with Gasteiger partial charge in [-0.25, -0.2) is 14.8 Å². The zero-order valence-corrected chi connectivity index (χ0v) is 11.9. The number of fused-ring (bicyclic) bond motifs is 1. The van der Waals surface area contributed by atoms with Crippen LogP contribution in [0.25, 0.3) is 10.9 Å². The summed E-state index contributed by atoms with van der Waals surface area (Å²) in [5.74, 6) is 2.86. The maximum atomic E-state index is 10.9. The van der Waals surface area contributed by atoms with Crippen LogP contribution in [0.15, 0.2) is 30.6 Å². The maximum absolute atomic E-state index is 10.9. The van der Waals surface area contributed by atoms with Crippen molar-refractivity contribution in [3.63, 3.8) is 0 Å². The molecule has 1 fully saturated rings. The highest BCUT2D eigenvalue weighted by molar-refractivity contribution is 8.15. The van der Waals surface area contributed by atoms with E-state index >= 15 is 0 Å². The highest BCUT2D eigenvalue weighted by Crippen LogP contribution is 2.29. The Balaban J connectivity index is 1.78. The van der Waals surface area contributed by atoms with Crippen LogP contribution in [0.3, 0.4) is 0 Å². The van der Waals surface area contributed by atoms with Gasteiger partial charge in [0.25, 0.3) is 0 Å². The van der Waals surface area contributed by atoms with Gasteiger partial charge >= 0.3 is 6.03 Å². The molecular formula is C13H17N5OS. The van der Waals surface area contributed by atoms with Crippen molar-refractivity contribution in [2.75, 3.05) is 29.5 Å². The summed E-state index contributed by atoms with van der Waals surface area (Å²) in [5, 5.41) is 1.07. The molecule has 0 saturated carbocycles. The van der Waals surface area contributed by atoms with Gasteiger partial charge in [-0.2, -0.15) is 11.1 Å². The van der Waals surface area contributed by atoms with E-state index in [4.69, 9.17) is 5.73 Å². The molecule has 2 amide bonds. The number of hydrogen-bond donors (Lipinski definition) is 3. The number of anilines is 1. The fourth-order valence-corrected chi connectivity index (χ4v) is 4.15. The molecule has 106 valence electrons. The molecule has 0 unspecified atom stereocenters. The van der Waals surface area contributed by atoms with Crippen LogP contribution in [-0.4, -0.2) is 40.6 Å². The minimum atomic E-state index is -0.481. The number of nitrogens with one attached hydrogen (secondary N) is 1. The third-order valence-corrected chi connectivity index (χ3v) is 5.39. The Hall–Kier alpha value is -2.02. The first kappa shape index (κ1) is 13.0. The second-order valence-electron chi connectivity index (χ2n) is 4.66. The molecule has 2 heterocycles. The third-order valence-electron chi connectivity index (χ3n) is 3.37. The van der Waals surface area contributed by atoms with Gasteiger partial charge in [-0.15, -0.1) is 0 Å². The van der Waals surface area contributed by atoms with E-state index in [-0.39, 0.29) is 0 Å². The van der Waals surface area contributed by atoms with Crippen molar-refractivity contribution in [1.29, 1.82) is 0 Å². The predicted molar refractivity (Wildman–Crippen MR) is 83.2 cm³/mol. The lowest BCUT2D eigenvalue weighted by Gasteiger charge is -2.35. The molecule has 20 heavy (non-hydrogen) atoms. The van der Waals surface area contributed by atoms with Crippen LogP contribution in [0.1, 0.15) is 0 Å². The average Bonchev–Trinajstić information content (AvgIpc) is 2.47. The van der Waals surface area contributed by atoms with E-state index in [2.05, 4.69) is 19.6 Å². The first-order chi connectivity index (χ1) is 9.74. The summed E-state index contributed by atoms with van der Waals surface area (Å²) in [6.07, 6.45) is 1.61. The van der Waals surface area contributed by atoms with Gasteiger partial charge in [-0.3, -0.25) is 0 Å². The molecule has 0 radical (unpaired) electrons. The number of aromatic nitrogens is 2. The highest BCUT2D eigenvalue weighted by Gasteiger charge is 2.19. The molecule has 3 rings (SSSR count). The molecule has 0 atom stereocenters. The molecular weight excluding hydrogens is 274 g/mol. The quantitative estimate of drug-likeness (QED) is 0.722. The molecule has 7 heteroatoms. The molecule has 1 aliphatic heterocycles. The lowest BCUT2D eigenvalue weighted by molar-refractivity contribution is 0.254. The van der Waals surface area contributed by atoms with Crippen molar-refractivity contribution in [3.05, 3.63) is 30.6 Å². The van der Waals surface area contributed by atoms with Crippen LogP contribution in [-0.2, 0) is 0 Å². The van der Waals surface area contributed by atoms with Gasteiger partial charge < -0.3 is 15.4 Å². The molecule has 2 aromatic rings. The Bertz CT molecular complexity index is 622. The van der Waals surface area contributed by atoms with E-state index in [0.29, 0.717) is 0 Å². The zero-order valence-electron chi connectivity index (χ0n) is 11.0. The Morgan fingerprint density at radius 1 is 1.25 bits per heavy atom. The van der Waals surface area contributed by atoms with Gasteiger partial charge in [0, 0.05) is 30.0 Å². The van der Waals surface area contributed by atoms with Crippen molar-refractivity contribution >= 4 is 33.8 Å². The van der Waals surface area contributed by atoms with Crippen molar-refractivity contribution in [2.45, 2.75) is 0 Å². The molecule has 1 aromatic heterocycles. The maximum Gasteiger partial charge on any atom is 0.320 e. The largest absolute Gasteiger partial charge is 0.354 e. The van der Waals surface area contributed by atoms with Crippen molar-refractivity contribution < 1.29 is 4.79 Å². The van der Waals surface area contributed by atoms with Crippen LogP contribution in [0.2, 0.25) is 0 Å². The van der Waals surface area contributed by atoms with E-state index in [1.165, 1.54) is 0 Å². The second-order valence-corrected chi connectivity index (χ2v) is 6.86. The molecule has 1 saturated heterocycles. The lowest BCUT2D eigenvalue weighted by Crippen LogP contribution is -2.40. The predicted octanol–water partition coefficient (Wildman–Crippen LogP) is 1.03. The Morgan fingerprint density at radius 2 is 2.00 bits per heavy atom. The number of carbonyl (C=O) groups excluding carboxylic acids is 1. The summed E-state index contributed by atoms with van der Waals surface area (Å²) >= 11 is -0.481. The molecule has 6 nitrogen and oxygen atoms in total. The number of rotatable bonds is 2. The Kier molecular flexibility index (Phi) is 3.60. The van der Waals surface area contributed by atoms with Gasteiger partial charge in [0.2, 0.25) is 0 Å². The smallest absolute Gasteiger partial charge is 0.320 e. The molecule has 1 aromatic carbocycles. The van der Waals surface area contributed by atoms with Gasteiger partial charge in [0.1, 0.15) is 12.1 Å². The second kappa shape index (κ2) is 5.54. The van der Waals surface area contributed by atoms with Gasteiger partial charge in [-0.1, -0.05) is 12.1 Å². The Labute approximate surface area is 119 Å². The number of para-hydroxylation sites is 1. The molecule has 1 aliphatic rings. The van der Waals surface area contributed by atoms with E-state index in [9.17, 15) is 4.79 Å². The summed E-state index contributed by atoms with van der Waals surface area (Å²) < 4.78 is 2.84. The number of nitrogens with zero attached hydrogens (tertiary/aromatic N) is 3. The number of thiol groups is 1. The van der Waals surface area contributed by atoms with Crippen LogP contribution >= 0.6 is 11.1 Å². The molecule has 0 bridgehead atoms. The summed E-state index contributed by atoms with van der Waals surface area (Å²) in [5.41, 5.74) is 6.13. The number of primary amides is 1. The fraction of sp³-hybridized carbons (Fsp3) is 0.308. The van der Waals surface area contributed by atoms with Gasteiger partial charge in [-0.05, 0) is 12.1 Å². The first-order valence-electron chi connectivity index (χ1n) is 6.50. The normalized spacial score (nSPS) is 17.2. The summed E-state index contributed by atoms with van der Waals surface area (Å²) in [6, 6.07) is 7.60. The van der Waals surface area contributed by atoms with Crippen LogP contribution in [0.5, 0.6) is 0 Å². The first-order valence-corrected chi connectivity index (χ1v) is 8.21. The molecule has 0 aliphatic carbocycles. The number of hydrogen-bond acceptors (Lipinski definition) is 4. The standard InChI is InChI=1S/C13H17N5OS/c14-13(19)17-20-7-5-18(6-8-20)12-10-3-1-2-4-11(10)15-9-16-12/h1-4,9,20H,5-8H2,(H3,14,17,19). The number of nitrogens with two attached hydrogens (primary N) is 1. The number of benzene rings is 1. The van der Waals surface area contributed by atoms with Crippen molar-refractivity contribution in [2.24, 2.45) is 5.73 Å². The minimum absolute atomic E-state index is 0.419. The van der Waals surface area contributed by atoms with Crippen molar-refractivity contribution in [1.82, 2.24) is 14.7 Å². The summed E-state index contributed by atoms with van der Waals surface area (Å²) in [6.45, 7) is 1.76. The van der Waals surface area contributed by atoms with E-state index in [1.54, 1.807) is 6.33 Å². The Morgan fingerprint density at radius 3 is 2.75 bits per heavy atom. The fourth-order valence-electron chi connectivity index (χ4n) is 2.43. The lowest BCUT2D eigenvalue weighted by atomic mass is 10.2. The SMILES string of the molecule is NC(=O)N[SH]1CCN(c2ncnc3ccccc23)CC1. The summed E-state index contributed by atoms with van der Waals surface area (Å²) in [7, 11) is 0. The van der Waals surface area contributed by atoms with Gasteiger partial charge in [0.05, 0.1) is 5.52 Å². The van der Waals surface area contributed by atoms with Crippen molar-refractivity contribution in [3.8, 4) is 0 Å². The third kappa shape index (κ3) is 2.62. The monoisotopic (exact) mass is 291 g/mol. The molecule has 0 spiro atoms. The van der Waals surface area contributed by atoms with E-state index in [1.807, 2.05) is 24.3 Å². The van der Waals surface area contributed by atoms with E-state index in [0.717, 1.165) is 41.3 Å². The minimum Gasteiger partial charge on any atom is -0.354 e. The van der Waals surface area contributed by atoms with Gasteiger partial charge in [0.15, 0.2) is 0 Å². The average molecular weight is 291 g/mol. The number of urea groups is 1. The number of carbonyl (C=O) groups is 1. The van der Waals surface area contributed by atoms with Crippen LogP contribution in [0, 0.1) is 0 Å². The highest BCUT2D eigenvalue weighted by atomic mass is 32.2. The van der Waals surface area contributed by atoms with E-state index < -0.39 is 17.1 Å². The van der Waals surface area contributed by atoms with Crippen LogP contribution in [0.4, 0.5) is 10.6 Å². The summed E-state index contributed by atoms with van der Waals surface area (Å²) in [4.78, 5) is 21.9. The zero-order chi connectivity index (χ0) is 13.9. The number of amides is 2. The molecule has 3 N–H and O–H groups in total. The van der Waals surface area contributed by atoms with Crippen LogP contribution < -0.4 is 15.4 Å².